The lowest BCUT2D eigenvalue weighted by Crippen LogP contribution is -2.35. The van der Waals surface area contributed by atoms with Gasteiger partial charge in [-0.05, 0) is 49.1 Å². The molecule has 1 aliphatic rings. The van der Waals surface area contributed by atoms with E-state index in [1.54, 1.807) is 24.5 Å². The maximum atomic E-state index is 12.5. The SMILES string of the molecule is O=C(CCNC(=O)c1ccncc1)NCc1ccc(C(=O)N2CCCCC2)cc1. The first-order valence-electron chi connectivity index (χ1n) is 9.96. The summed E-state index contributed by atoms with van der Waals surface area (Å²) in [6, 6.07) is 10.6. The Kier molecular flexibility index (Phi) is 7.33. The van der Waals surface area contributed by atoms with Crippen molar-refractivity contribution in [3.63, 3.8) is 0 Å². The van der Waals surface area contributed by atoms with Gasteiger partial charge < -0.3 is 15.5 Å². The van der Waals surface area contributed by atoms with Crippen molar-refractivity contribution in [1.29, 1.82) is 0 Å². The van der Waals surface area contributed by atoms with Crippen LogP contribution in [0.5, 0.6) is 0 Å². The summed E-state index contributed by atoms with van der Waals surface area (Å²) in [7, 11) is 0. The number of likely N-dealkylation sites (tertiary alicyclic amines) is 1. The molecule has 1 fully saturated rings. The lowest BCUT2D eigenvalue weighted by molar-refractivity contribution is -0.121. The molecule has 1 aromatic carbocycles. The molecule has 3 rings (SSSR count). The number of piperidine rings is 1. The van der Waals surface area contributed by atoms with E-state index in [0.717, 1.165) is 31.5 Å². The molecule has 7 nitrogen and oxygen atoms in total. The van der Waals surface area contributed by atoms with Gasteiger partial charge in [-0.15, -0.1) is 0 Å². The molecule has 1 aliphatic heterocycles. The molecule has 2 heterocycles. The molecule has 0 radical (unpaired) electrons. The van der Waals surface area contributed by atoms with E-state index in [1.165, 1.54) is 6.42 Å². The van der Waals surface area contributed by atoms with Gasteiger partial charge in [0.05, 0.1) is 0 Å². The third-order valence-corrected chi connectivity index (χ3v) is 4.91. The highest BCUT2D eigenvalue weighted by atomic mass is 16.2. The van der Waals surface area contributed by atoms with Crippen LogP contribution in [0.1, 0.15) is 52.0 Å². The number of nitrogens with zero attached hydrogens (tertiary/aromatic N) is 2. The Balaban J connectivity index is 1.38. The van der Waals surface area contributed by atoms with Gasteiger partial charge in [0, 0.05) is 56.1 Å². The van der Waals surface area contributed by atoms with Crippen LogP contribution in [0, 0.1) is 0 Å². The quantitative estimate of drug-likeness (QED) is 0.753. The Morgan fingerprint density at radius 3 is 2.24 bits per heavy atom. The van der Waals surface area contributed by atoms with Gasteiger partial charge in [0.15, 0.2) is 0 Å². The van der Waals surface area contributed by atoms with E-state index in [1.807, 2.05) is 29.2 Å². The molecule has 29 heavy (non-hydrogen) atoms. The van der Waals surface area contributed by atoms with Crippen LogP contribution in [0.3, 0.4) is 0 Å². The van der Waals surface area contributed by atoms with Gasteiger partial charge in [-0.3, -0.25) is 19.4 Å². The molecular formula is C22H26N4O3. The zero-order valence-electron chi connectivity index (χ0n) is 16.4. The van der Waals surface area contributed by atoms with Crippen molar-refractivity contribution in [2.45, 2.75) is 32.2 Å². The van der Waals surface area contributed by atoms with Crippen molar-refractivity contribution < 1.29 is 14.4 Å². The molecule has 0 atom stereocenters. The molecule has 0 aliphatic carbocycles. The van der Waals surface area contributed by atoms with Crippen LogP contribution in [0.25, 0.3) is 0 Å². The summed E-state index contributed by atoms with van der Waals surface area (Å²) in [4.78, 5) is 42.1. The second kappa shape index (κ2) is 10.4. The number of amides is 3. The Hall–Kier alpha value is -3.22. The topological polar surface area (TPSA) is 91.4 Å². The minimum atomic E-state index is -0.228. The smallest absolute Gasteiger partial charge is 0.253 e. The molecule has 1 saturated heterocycles. The average molecular weight is 394 g/mol. The number of pyridine rings is 1. The second-order valence-corrected chi connectivity index (χ2v) is 7.07. The van der Waals surface area contributed by atoms with E-state index >= 15 is 0 Å². The lowest BCUT2D eigenvalue weighted by atomic mass is 10.1. The van der Waals surface area contributed by atoms with Crippen molar-refractivity contribution in [1.82, 2.24) is 20.5 Å². The van der Waals surface area contributed by atoms with Crippen LogP contribution in [0.15, 0.2) is 48.8 Å². The summed E-state index contributed by atoms with van der Waals surface area (Å²) in [5.41, 5.74) is 2.12. The second-order valence-electron chi connectivity index (χ2n) is 7.07. The molecule has 0 bridgehead atoms. The molecule has 3 amide bonds. The van der Waals surface area contributed by atoms with Crippen molar-refractivity contribution in [3.8, 4) is 0 Å². The number of benzene rings is 1. The third kappa shape index (κ3) is 6.14. The third-order valence-electron chi connectivity index (χ3n) is 4.91. The zero-order valence-corrected chi connectivity index (χ0v) is 16.4. The molecule has 152 valence electrons. The zero-order chi connectivity index (χ0) is 20.5. The number of nitrogens with one attached hydrogen (secondary N) is 2. The molecule has 1 aromatic heterocycles. The van der Waals surface area contributed by atoms with Crippen molar-refractivity contribution in [2.75, 3.05) is 19.6 Å². The first-order chi connectivity index (χ1) is 14.1. The van der Waals surface area contributed by atoms with E-state index in [2.05, 4.69) is 15.6 Å². The minimum absolute atomic E-state index is 0.0743. The summed E-state index contributed by atoms with van der Waals surface area (Å²) < 4.78 is 0. The number of rotatable bonds is 7. The summed E-state index contributed by atoms with van der Waals surface area (Å²) in [6.45, 7) is 2.30. The number of hydrogen-bond donors (Lipinski definition) is 2. The van der Waals surface area contributed by atoms with Gasteiger partial charge in [0.2, 0.25) is 5.91 Å². The Morgan fingerprint density at radius 1 is 0.862 bits per heavy atom. The van der Waals surface area contributed by atoms with Crippen LogP contribution in [-0.4, -0.2) is 47.2 Å². The van der Waals surface area contributed by atoms with Gasteiger partial charge in [-0.2, -0.15) is 0 Å². The largest absolute Gasteiger partial charge is 0.352 e. The van der Waals surface area contributed by atoms with Gasteiger partial charge in [-0.1, -0.05) is 12.1 Å². The maximum absolute atomic E-state index is 12.5. The molecule has 0 saturated carbocycles. The highest BCUT2D eigenvalue weighted by molar-refractivity contribution is 5.94. The number of hydrogen-bond acceptors (Lipinski definition) is 4. The van der Waals surface area contributed by atoms with Crippen molar-refractivity contribution >= 4 is 17.7 Å². The first kappa shape index (κ1) is 20.5. The highest BCUT2D eigenvalue weighted by Gasteiger charge is 2.17. The molecule has 7 heteroatoms. The van der Waals surface area contributed by atoms with Crippen LogP contribution in [0.4, 0.5) is 0 Å². The number of aromatic nitrogens is 1. The molecule has 2 N–H and O–H groups in total. The Labute approximate surface area is 170 Å². The summed E-state index contributed by atoms with van der Waals surface area (Å²) >= 11 is 0. The standard InChI is InChI=1S/C22H26N4O3/c27-20(10-13-24-21(28)18-8-11-23-12-9-18)25-16-17-4-6-19(7-5-17)22(29)26-14-2-1-3-15-26/h4-9,11-12H,1-3,10,13-16H2,(H,24,28)(H,25,27). The Morgan fingerprint density at radius 2 is 1.55 bits per heavy atom. The average Bonchev–Trinajstić information content (AvgIpc) is 2.78. The maximum Gasteiger partial charge on any atom is 0.253 e. The normalized spacial score (nSPS) is 13.6. The summed E-state index contributed by atoms with van der Waals surface area (Å²) in [6.07, 6.45) is 6.62. The first-order valence-corrected chi connectivity index (χ1v) is 9.96. The minimum Gasteiger partial charge on any atom is -0.352 e. The number of carbonyl (C=O) groups is 3. The van der Waals surface area contributed by atoms with Gasteiger partial charge in [-0.25, -0.2) is 0 Å². The fourth-order valence-corrected chi connectivity index (χ4v) is 3.23. The fraction of sp³-hybridized carbons (Fsp3) is 0.364. The summed E-state index contributed by atoms with van der Waals surface area (Å²) in [5, 5.41) is 5.54. The molecule has 2 aromatic rings. The molecule has 0 spiro atoms. The highest BCUT2D eigenvalue weighted by Crippen LogP contribution is 2.14. The van der Waals surface area contributed by atoms with Crippen LogP contribution in [0.2, 0.25) is 0 Å². The van der Waals surface area contributed by atoms with Gasteiger partial charge in [0.25, 0.3) is 11.8 Å². The predicted octanol–water partition coefficient (Wildman–Crippen LogP) is 2.14. The van der Waals surface area contributed by atoms with E-state index in [-0.39, 0.29) is 30.7 Å². The van der Waals surface area contributed by atoms with Crippen molar-refractivity contribution in [3.05, 3.63) is 65.5 Å². The predicted molar refractivity (Wildman–Crippen MR) is 109 cm³/mol. The van der Waals surface area contributed by atoms with Crippen LogP contribution >= 0.6 is 0 Å². The van der Waals surface area contributed by atoms with Crippen LogP contribution in [-0.2, 0) is 11.3 Å². The lowest BCUT2D eigenvalue weighted by Gasteiger charge is -2.26. The molecular weight excluding hydrogens is 368 g/mol. The molecule has 0 unspecified atom stereocenters. The fourth-order valence-electron chi connectivity index (χ4n) is 3.23. The van der Waals surface area contributed by atoms with E-state index in [9.17, 15) is 14.4 Å². The monoisotopic (exact) mass is 394 g/mol. The van der Waals surface area contributed by atoms with E-state index in [4.69, 9.17) is 0 Å². The summed E-state index contributed by atoms with van der Waals surface area (Å²) in [5.74, 6) is -0.298. The van der Waals surface area contributed by atoms with E-state index in [0.29, 0.717) is 17.7 Å². The van der Waals surface area contributed by atoms with Crippen LogP contribution < -0.4 is 10.6 Å². The van der Waals surface area contributed by atoms with E-state index < -0.39 is 0 Å². The number of carbonyl (C=O) groups excluding carboxylic acids is 3. The van der Waals surface area contributed by atoms with Crippen molar-refractivity contribution in [2.24, 2.45) is 0 Å². The van der Waals surface area contributed by atoms with Gasteiger partial charge in [0.1, 0.15) is 0 Å². The Bertz CT molecular complexity index is 831. The van der Waals surface area contributed by atoms with Gasteiger partial charge >= 0.3 is 0 Å².